The van der Waals surface area contributed by atoms with Gasteiger partial charge in [-0.2, -0.15) is 0 Å². The summed E-state index contributed by atoms with van der Waals surface area (Å²) >= 11 is 10.4. The molecule has 2 amide bonds. The molecule has 0 saturated carbocycles. The maximum absolute atomic E-state index is 13.1. The lowest BCUT2D eigenvalue weighted by Gasteiger charge is -2.12. The fraction of sp³-hybridized carbons (Fsp3) is 0.0400. The molecular formula is C25H16BrClN2O2S. The molecule has 7 heteroatoms. The van der Waals surface area contributed by atoms with Crippen LogP contribution in [0.15, 0.2) is 88.4 Å². The second kappa shape index (κ2) is 8.62. The molecule has 0 atom stereocenters. The molecule has 4 aromatic rings. The summed E-state index contributed by atoms with van der Waals surface area (Å²) in [4.78, 5) is 27.3. The molecule has 1 fully saturated rings. The first-order valence-corrected chi connectivity index (χ1v) is 11.8. The van der Waals surface area contributed by atoms with Crippen LogP contribution in [-0.4, -0.2) is 15.7 Å². The van der Waals surface area contributed by atoms with Crippen LogP contribution in [0, 0.1) is 0 Å². The summed E-state index contributed by atoms with van der Waals surface area (Å²) in [6.07, 6.45) is 3.83. The minimum absolute atomic E-state index is 0.322. The van der Waals surface area contributed by atoms with Gasteiger partial charge in [-0.1, -0.05) is 57.9 Å². The Hall–Kier alpha value is -2.80. The minimum Gasteiger partial charge on any atom is -0.342 e. The smallest absolute Gasteiger partial charge is 0.298 e. The van der Waals surface area contributed by atoms with Crippen LogP contribution in [0.5, 0.6) is 0 Å². The molecule has 2 heterocycles. The molecule has 4 nitrogen and oxygen atoms in total. The number of nitrogens with zero attached hydrogens (tertiary/aromatic N) is 2. The van der Waals surface area contributed by atoms with E-state index in [-0.39, 0.29) is 11.1 Å². The van der Waals surface area contributed by atoms with E-state index in [1.165, 1.54) is 10.5 Å². The predicted molar refractivity (Wildman–Crippen MR) is 135 cm³/mol. The van der Waals surface area contributed by atoms with Crippen LogP contribution in [0.1, 0.15) is 11.1 Å². The van der Waals surface area contributed by atoms with Crippen molar-refractivity contribution in [3.05, 3.63) is 105 Å². The first kappa shape index (κ1) is 21.1. The van der Waals surface area contributed by atoms with Crippen molar-refractivity contribution in [1.82, 2.24) is 4.57 Å². The molecule has 1 saturated heterocycles. The van der Waals surface area contributed by atoms with Gasteiger partial charge >= 0.3 is 0 Å². The molecule has 0 unspecified atom stereocenters. The lowest BCUT2D eigenvalue weighted by Crippen LogP contribution is -2.27. The molecule has 1 aromatic heterocycles. The van der Waals surface area contributed by atoms with Crippen molar-refractivity contribution in [2.45, 2.75) is 6.54 Å². The largest absolute Gasteiger partial charge is 0.342 e. The van der Waals surface area contributed by atoms with Gasteiger partial charge in [-0.15, -0.1) is 0 Å². The number of carbonyl (C=O) groups excluding carboxylic acids is 2. The lowest BCUT2D eigenvalue weighted by molar-refractivity contribution is -0.113. The van der Waals surface area contributed by atoms with Gasteiger partial charge in [0.25, 0.3) is 11.1 Å². The summed E-state index contributed by atoms with van der Waals surface area (Å²) in [5.41, 5.74) is 3.63. The topological polar surface area (TPSA) is 42.3 Å². The van der Waals surface area contributed by atoms with Gasteiger partial charge in [-0.05, 0) is 65.9 Å². The van der Waals surface area contributed by atoms with Gasteiger partial charge < -0.3 is 4.57 Å². The number of carbonyl (C=O) groups is 2. The van der Waals surface area contributed by atoms with E-state index in [4.69, 9.17) is 11.6 Å². The van der Waals surface area contributed by atoms with Crippen molar-refractivity contribution in [2.24, 2.45) is 0 Å². The van der Waals surface area contributed by atoms with E-state index in [2.05, 4.69) is 38.7 Å². The monoisotopic (exact) mass is 522 g/mol. The zero-order chi connectivity index (χ0) is 22.2. The number of hydrogen-bond acceptors (Lipinski definition) is 3. The summed E-state index contributed by atoms with van der Waals surface area (Å²) in [6, 6.07) is 23.0. The Balaban J connectivity index is 1.54. The molecule has 0 bridgehead atoms. The number of halogens is 2. The third-order valence-electron chi connectivity index (χ3n) is 5.23. The lowest BCUT2D eigenvalue weighted by atomic mass is 10.1. The maximum atomic E-state index is 13.1. The predicted octanol–water partition coefficient (Wildman–Crippen LogP) is 7.35. The number of thioether (sulfide) groups is 1. The third kappa shape index (κ3) is 4.01. The molecule has 5 rings (SSSR count). The zero-order valence-corrected chi connectivity index (χ0v) is 19.8. The van der Waals surface area contributed by atoms with Gasteiger partial charge in [-0.25, -0.2) is 4.90 Å². The highest BCUT2D eigenvalue weighted by Crippen LogP contribution is 2.37. The average Bonchev–Trinajstić information content (AvgIpc) is 3.25. The van der Waals surface area contributed by atoms with Crippen LogP contribution in [0.25, 0.3) is 17.0 Å². The number of anilines is 1. The molecule has 0 spiro atoms. The maximum Gasteiger partial charge on any atom is 0.298 e. The highest BCUT2D eigenvalue weighted by Gasteiger charge is 2.36. The first-order chi connectivity index (χ1) is 15.5. The van der Waals surface area contributed by atoms with Crippen molar-refractivity contribution in [1.29, 1.82) is 0 Å². The Morgan fingerprint density at radius 3 is 2.47 bits per heavy atom. The summed E-state index contributed by atoms with van der Waals surface area (Å²) in [6.45, 7) is 0.707. The molecule has 0 N–H and O–H groups in total. The highest BCUT2D eigenvalue weighted by molar-refractivity contribution is 9.10. The second-order valence-corrected chi connectivity index (χ2v) is 9.70. The SMILES string of the molecule is O=C1S/C(=C\c2cn(Cc3ccccc3)c3ccc(Br)cc23)C(=O)N1c1ccc(Cl)cc1. The van der Waals surface area contributed by atoms with Crippen molar-refractivity contribution >= 4 is 73.1 Å². The van der Waals surface area contributed by atoms with E-state index in [1.54, 1.807) is 30.3 Å². The van der Waals surface area contributed by atoms with E-state index in [0.717, 1.165) is 32.7 Å². The molecule has 0 radical (unpaired) electrons. The number of imide groups is 1. The molecular weight excluding hydrogens is 508 g/mol. The Labute approximate surface area is 202 Å². The Kier molecular flexibility index (Phi) is 5.67. The normalized spacial score (nSPS) is 15.3. The van der Waals surface area contributed by atoms with Crippen LogP contribution < -0.4 is 4.90 Å². The summed E-state index contributed by atoms with van der Waals surface area (Å²) in [7, 11) is 0. The molecule has 158 valence electrons. The highest BCUT2D eigenvalue weighted by atomic mass is 79.9. The number of amides is 2. The third-order valence-corrected chi connectivity index (χ3v) is 6.85. The quantitative estimate of drug-likeness (QED) is 0.263. The van der Waals surface area contributed by atoms with Gasteiger partial charge in [0, 0.05) is 38.7 Å². The van der Waals surface area contributed by atoms with E-state index >= 15 is 0 Å². The van der Waals surface area contributed by atoms with Crippen LogP contribution in [-0.2, 0) is 11.3 Å². The molecule has 0 aliphatic carbocycles. The second-order valence-electron chi connectivity index (χ2n) is 7.35. The van der Waals surface area contributed by atoms with E-state index < -0.39 is 0 Å². The van der Waals surface area contributed by atoms with Gasteiger partial charge in [0.2, 0.25) is 0 Å². The fourth-order valence-electron chi connectivity index (χ4n) is 3.74. The van der Waals surface area contributed by atoms with Crippen molar-refractivity contribution in [2.75, 3.05) is 4.90 Å². The molecule has 1 aliphatic heterocycles. The van der Waals surface area contributed by atoms with Gasteiger partial charge in [-0.3, -0.25) is 9.59 Å². The van der Waals surface area contributed by atoms with Gasteiger partial charge in [0.15, 0.2) is 0 Å². The van der Waals surface area contributed by atoms with Gasteiger partial charge in [0.05, 0.1) is 10.6 Å². The number of benzene rings is 3. The van der Waals surface area contributed by atoms with Crippen molar-refractivity contribution in [3.63, 3.8) is 0 Å². The molecule has 32 heavy (non-hydrogen) atoms. The molecule has 1 aliphatic rings. The van der Waals surface area contributed by atoms with Crippen LogP contribution >= 0.6 is 39.3 Å². The summed E-state index contributed by atoms with van der Waals surface area (Å²) < 4.78 is 3.11. The summed E-state index contributed by atoms with van der Waals surface area (Å²) in [5, 5.41) is 1.24. The van der Waals surface area contributed by atoms with E-state index in [0.29, 0.717) is 22.2 Å². The Morgan fingerprint density at radius 1 is 0.969 bits per heavy atom. The minimum atomic E-state index is -0.332. The number of hydrogen-bond donors (Lipinski definition) is 0. The van der Waals surface area contributed by atoms with Crippen molar-refractivity contribution in [3.8, 4) is 0 Å². The van der Waals surface area contributed by atoms with Crippen LogP contribution in [0.2, 0.25) is 5.02 Å². The van der Waals surface area contributed by atoms with E-state index in [9.17, 15) is 9.59 Å². The van der Waals surface area contributed by atoms with Crippen molar-refractivity contribution < 1.29 is 9.59 Å². The Morgan fingerprint density at radius 2 is 1.72 bits per heavy atom. The molecule has 3 aromatic carbocycles. The standard InChI is InChI=1S/C25H16BrClN2O2S/c26-18-6-11-22-21(13-18)17(15-28(22)14-16-4-2-1-3-5-16)12-23-24(30)29(25(31)32-23)20-9-7-19(27)8-10-20/h1-13,15H,14H2/b23-12-. The van der Waals surface area contributed by atoms with Crippen LogP contribution in [0.3, 0.4) is 0 Å². The average molecular weight is 524 g/mol. The first-order valence-electron chi connectivity index (χ1n) is 9.85. The van der Waals surface area contributed by atoms with E-state index in [1.807, 2.05) is 36.5 Å². The number of rotatable bonds is 4. The summed E-state index contributed by atoms with van der Waals surface area (Å²) in [5.74, 6) is -0.332. The Bertz CT molecular complexity index is 1380. The fourth-order valence-corrected chi connectivity index (χ4v) is 5.06. The number of fused-ring (bicyclic) bond motifs is 1. The van der Waals surface area contributed by atoms with Crippen LogP contribution in [0.4, 0.5) is 10.5 Å². The van der Waals surface area contributed by atoms with Gasteiger partial charge in [0.1, 0.15) is 0 Å². The number of aromatic nitrogens is 1. The zero-order valence-electron chi connectivity index (χ0n) is 16.7.